The van der Waals surface area contributed by atoms with E-state index in [1.165, 1.54) is 0 Å². The standard InChI is InChI=1S/C24H22N4O2/c1-16-21-12-17(7-8-22(21)27-26-16)19-11-20(15-25-14-19)29-10-9-28(2)24-13-18-5-3-4-6-23(18)30-24/h3-8,11-15H,9-10H2,1-2H3,(H,26,27). The maximum absolute atomic E-state index is 5.97. The Bertz CT molecular complexity index is 1290. The van der Waals surface area contributed by atoms with Gasteiger partial charge in [-0.25, -0.2) is 0 Å². The lowest BCUT2D eigenvalue weighted by Gasteiger charge is -2.16. The maximum Gasteiger partial charge on any atom is 0.196 e. The van der Waals surface area contributed by atoms with E-state index in [0.717, 1.165) is 50.3 Å². The van der Waals surface area contributed by atoms with E-state index in [2.05, 4.69) is 27.3 Å². The van der Waals surface area contributed by atoms with Crippen LogP contribution >= 0.6 is 0 Å². The average molecular weight is 398 g/mol. The van der Waals surface area contributed by atoms with E-state index in [4.69, 9.17) is 9.15 Å². The number of anilines is 1. The first kappa shape index (κ1) is 18.2. The fourth-order valence-corrected chi connectivity index (χ4v) is 3.55. The Morgan fingerprint density at radius 3 is 2.83 bits per heavy atom. The van der Waals surface area contributed by atoms with Gasteiger partial charge in [-0.05, 0) is 36.8 Å². The molecule has 0 spiro atoms. The van der Waals surface area contributed by atoms with Crippen LogP contribution in [-0.2, 0) is 0 Å². The number of benzene rings is 2. The van der Waals surface area contributed by atoms with Gasteiger partial charge in [-0.15, -0.1) is 0 Å². The van der Waals surface area contributed by atoms with Crippen LogP contribution in [0.3, 0.4) is 0 Å². The van der Waals surface area contributed by atoms with Crippen molar-refractivity contribution in [2.75, 3.05) is 25.1 Å². The molecule has 30 heavy (non-hydrogen) atoms. The summed E-state index contributed by atoms with van der Waals surface area (Å²) in [5.41, 5.74) is 5.01. The van der Waals surface area contributed by atoms with E-state index in [0.29, 0.717) is 13.2 Å². The van der Waals surface area contributed by atoms with Crippen LogP contribution in [0.4, 0.5) is 5.88 Å². The molecule has 2 aromatic carbocycles. The van der Waals surface area contributed by atoms with Crippen molar-refractivity contribution in [1.29, 1.82) is 0 Å². The minimum absolute atomic E-state index is 0.526. The SMILES string of the molecule is Cc1n[nH]c2ccc(-c3cncc(OCCN(C)c4cc5ccccc5o4)c3)cc12. The fourth-order valence-electron chi connectivity index (χ4n) is 3.55. The maximum atomic E-state index is 5.97. The van der Waals surface area contributed by atoms with Crippen molar-refractivity contribution in [3.05, 3.63) is 72.7 Å². The van der Waals surface area contributed by atoms with Crippen LogP contribution in [0.2, 0.25) is 0 Å². The molecule has 150 valence electrons. The zero-order valence-electron chi connectivity index (χ0n) is 16.9. The number of H-pyrrole nitrogens is 1. The highest BCUT2D eigenvalue weighted by atomic mass is 16.5. The first-order chi connectivity index (χ1) is 14.7. The molecule has 0 aliphatic carbocycles. The summed E-state index contributed by atoms with van der Waals surface area (Å²) >= 11 is 0. The molecule has 5 aromatic rings. The van der Waals surface area contributed by atoms with Crippen LogP contribution in [0.25, 0.3) is 33.0 Å². The predicted molar refractivity (Wildman–Crippen MR) is 119 cm³/mol. The lowest BCUT2D eigenvalue weighted by atomic mass is 10.0. The van der Waals surface area contributed by atoms with E-state index in [1.807, 2.05) is 67.5 Å². The highest BCUT2D eigenvalue weighted by Gasteiger charge is 2.09. The minimum atomic E-state index is 0.526. The van der Waals surface area contributed by atoms with Gasteiger partial charge in [0.2, 0.25) is 0 Å². The second kappa shape index (κ2) is 7.55. The van der Waals surface area contributed by atoms with Crippen molar-refractivity contribution in [3.63, 3.8) is 0 Å². The van der Waals surface area contributed by atoms with Crippen molar-refractivity contribution in [2.45, 2.75) is 6.92 Å². The number of likely N-dealkylation sites (N-methyl/N-ethyl adjacent to an activating group) is 1. The Kier molecular flexibility index (Phi) is 4.59. The van der Waals surface area contributed by atoms with Crippen LogP contribution in [0.1, 0.15) is 5.69 Å². The first-order valence-electron chi connectivity index (χ1n) is 9.90. The van der Waals surface area contributed by atoms with Gasteiger partial charge in [0.05, 0.1) is 24.0 Å². The molecule has 0 saturated carbocycles. The molecule has 0 amide bonds. The Morgan fingerprint density at radius 2 is 1.93 bits per heavy atom. The van der Waals surface area contributed by atoms with Crippen LogP contribution < -0.4 is 9.64 Å². The predicted octanol–water partition coefficient (Wildman–Crippen LogP) is 5.19. The third kappa shape index (κ3) is 3.48. The highest BCUT2D eigenvalue weighted by molar-refractivity contribution is 5.86. The van der Waals surface area contributed by atoms with E-state index in [9.17, 15) is 0 Å². The van der Waals surface area contributed by atoms with Crippen LogP contribution in [-0.4, -0.2) is 35.4 Å². The number of nitrogens with zero attached hydrogens (tertiary/aromatic N) is 3. The number of furan rings is 1. The van der Waals surface area contributed by atoms with Gasteiger partial charge in [0.1, 0.15) is 17.9 Å². The van der Waals surface area contributed by atoms with E-state index in [-0.39, 0.29) is 0 Å². The molecule has 0 atom stereocenters. The molecule has 6 nitrogen and oxygen atoms in total. The summed E-state index contributed by atoms with van der Waals surface area (Å²) in [6.07, 6.45) is 3.59. The normalized spacial score (nSPS) is 11.3. The summed E-state index contributed by atoms with van der Waals surface area (Å²) in [5, 5.41) is 9.52. The molecule has 0 aliphatic rings. The van der Waals surface area contributed by atoms with Gasteiger partial charge in [0, 0.05) is 35.6 Å². The molecule has 0 fully saturated rings. The van der Waals surface area contributed by atoms with E-state index in [1.54, 1.807) is 6.20 Å². The molecule has 0 saturated heterocycles. The van der Waals surface area contributed by atoms with Gasteiger partial charge >= 0.3 is 0 Å². The van der Waals surface area contributed by atoms with Crippen molar-refractivity contribution < 1.29 is 9.15 Å². The molecule has 3 aromatic heterocycles. The van der Waals surface area contributed by atoms with Crippen molar-refractivity contribution in [2.24, 2.45) is 0 Å². The topological polar surface area (TPSA) is 67.2 Å². The quantitative estimate of drug-likeness (QED) is 0.426. The summed E-state index contributed by atoms with van der Waals surface area (Å²) < 4.78 is 11.9. The van der Waals surface area contributed by atoms with Gasteiger partial charge in [0.25, 0.3) is 0 Å². The van der Waals surface area contributed by atoms with Crippen molar-refractivity contribution in [1.82, 2.24) is 15.2 Å². The van der Waals surface area contributed by atoms with E-state index >= 15 is 0 Å². The van der Waals surface area contributed by atoms with Gasteiger partial charge in [-0.1, -0.05) is 24.3 Å². The number of aromatic nitrogens is 3. The highest BCUT2D eigenvalue weighted by Crippen LogP contribution is 2.27. The molecule has 0 unspecified atom stereocenters. The Labute approximate surface area is 174 Å². The average Bonchev–Trinajstić information content (AvgIpc) is 3.37. The second-order valence-corrected chi connectivity index (χ2v) is 7.37. The molecule has 0 bridgehead atoms. The zero-order chi connectivity index (χ0) is 20.5. The monoisotopic (exact) mass is 398 g/mol. The number of para-hydroxylation sites is 1. The Balaban J connectivity index is 1.26. The zero-order valence-corrected chi connectivity index (χ0v) is 16.9. The lowest BCUT2D eigenvalue weighted by Crippen LogP contribution is -2.23. The molecule has 0 radical (unpaired) electrons. The van der Waals surface area contributed by atoms with Gasteiger partial charge in [-0.3, -0.25) is 10.1 Å². The van der Waals surface area contributed by atoms with Crippen molar-refractivity contribution >= 4 is 27.8 Å². The number of pyridine rings is 1. The second-order valence-electron chi connectivity index (χ2n) is 7.37. The number of fused-ring (bicyclic) bond motifs is 2. The number of hydrogen-bond donors (Lipinski definition) is 1. The van der Waals surface area contributed by atoms with Crippen LogP contribution in [0, 0.1) is 6.92 Å². The van der Waals surface area contributed by atoms with Crippen LogP contribution in [0.15, 0.2) is 71.4 Å². The Hall–Kier alpha value is -3.80. The molecular formula is C24H22N4O2. The summed E-state index contributed by atoms with van der Waals surface area (Å²) in [5.74, 6) is 1.57. The molecular weight excluding hydrogens is 376 g/mol. The van der Waals surface area contributed by atoms with Crippen molar-refractivity contribution in [3.8, 4) is 16.9 Å². The number of nitrogens with one attached hydrogen (secondary N) is 1. The molecule has 5 rings (SSSR count). The number of ether oxygens (including phenoxy) is 1. The Morgan fingerprint density at radius 1 is 1.03 bits per heavy atom. The summed E-state index contributed by atoms with van der Waals surface area (Å²) in [6, 6.07) is 18.3. The molecule has 0 aliphatic heterocycles. The van der Waals surface area contributed by atoms with Crippen LogP contribution in [0.5, 0.6) is 5.75 Å². The smallest absolute Gasteiger partial charge is 0.196 e. The van der Waals surface area contributed by atoms with Gasteiger partial charge < -0.3 is 14.1 Å². The number of hydrogen-bond acceptors (Lipinski definition) is 5. The van der Waals surface area contributed by atoms with Gasteiger partial charge in [-0.2, -0.15) is 5.10 Å². The first-order valence-corrected chi connectivity index (χ1v) is 9.90. The molecule has 1 N–H and O–H groups in total. The fraction of sp³-hybridized carbons (Fsp3) is 0.167. The molecule has 3 heterocycles. The largest absolute Gasteiger partial charge is 0.490 e. The third-order valence-corrected chi connectivity index (χ3v) is 5.28. The van der Waals surface area contributed by atoms with Gasteiger partial charge in [0.15, 0.2) is 5.88 Å². The number of aromatic amines is 1. The van der Waals surface area contributed by atoms with E-state index < -0.39 is 0 Å². The summed E-state index contributed by atoms with van der Waals surface area (Å²) in [7, 11) is 2.00. The summed E-state index contributed by atoms with van der Waals surface area (Å²) in [6.45, 7) is 3.22. The third-order valence-electron chi connectivity index (χ3n) is 5.28. The minimum Gasteiger partial charge on any atom is -0.490 e. The molecule has 6 heteroatoms. The lowest BCUT2D eigenvalue weighted by molar-refractivity contribution is 0.323. The number of aryl methyl sites for hydroxylation is 1. The number of rotatable bonds is 6. The summed E-state index contributed by atoms with van der Waals surface area (Å²) in [4.78, 5) is 6.40.